The van der Waals surface area contributed by atoms with E-state index in [1.165, 1.54) is 0 Å². The van der Waals surface area contributed by atoms with Gasteiger partial charge >= 0.3 is 0 Å². The highest BCUT2D eigenvalue weighted by molar-refractivity contribution is 5.58. The van der Waals surface area contributed by atoms with Crippen molar-refractivity contribution in [3.05, 3.63) is 60.2 Å². The van der Waals surface area contributed by atoms with Crippen LogP contribution in [0.1, 0.15) is 17.5 Å². The number of nitrogens with zero attached hydrogens (tertiary/aromatic N) is 3. The second-order valence-corrected chi connectivity index (χ2v) is 6.24. The Morgan fingerprint density at radius 3 is 2.67 bits per heavy atom. The van der Waals surface area contributed by atoms with Gasteiger partial charge in [0.15, 0.2) is 0 Å². The minimum Gasteiger partial charge on any atom is -0.468 e. The van der Waals surface area contributed by atoms with Crippen molar-refractivity contribution in [1.29, 1.82) is 5.26 Å². The number of nitriles is 1. The fourth-order valence-corrected chi connectivity index (χ4v) is 3.19. The Balaban J connectivity index is 1.54. The molecule has 0 saturated carbocycles. The molecule has 3 aromatic rings. The Morgan fingerprint density at radius 1 is 1.15 bits per heavy atom. The minimum atomic E-state index is 0.0146. The summed E-state index contributed by atoms with van der Waals surface area (Å²) < 4.78 is 16.9. The predicted octanol–water partition coefficient (Wildman–Crippen LogP) is 3.29. The smallest absolute Gasteiger partial charge is 0.232 e. The van der Waals surface area contributed by atoms with Crippen LogP contribution in [0.4, 0.5) is 5.88 Å². The van der Waals surface area contributed by atoms with Gasteiger partial charge in [-0.15, -0.1) is 0 Å². The Bertz CT molecular complexity index is 893. The second-order valence-electron chi connectivity index (χ2n) is 6.24. The number of benzene rings is 1. The van der Waals surface area contributed by atoms with Crippen LogP contribution in [-0.4, -0.2) is 42.7 Å². The summed E-state index contributed by atoms with van der Waals surface area (Å²) in [4.78, 5) is 6.61. The third-order valence-corrected chi connectivity index (χ3v) is 4.57. The molecule has 1 fully saturated rings. The van der Waals surface area contributed by atoms with E-state index in [1.807, 2.05) is 42.5 Å². The van der Waals surface area contributed by atoms with Crippen LogP contribution in [-0.2, 0) is 4.74 Å². The van der Waals surface area contributed by atoms with E-state index in [-0.39, 0.29) is 11.7 Å². The lowest BCUT2D eigenvalue weighted by molar-refractivity contribution is 0.0144. The summed E-state index contributed by atoms with van der Waals surface area (Å²) in [7, 11) is 0. The lowest BCUT2D eigenvalue weighted by Gasteiger charge is -2.33. The van der Waals surface area contributed by atoms with E-state index < -0.39 is 0 Å². The Hall–Kier alpha value is -3.08. The normalized spacial score (nSPS) is 16.0. The molecule has 138 valence electrons. The zero-order valence-electron chi connectivity index (χ0n) is 14.8. The highest BCUT2D eigenvalue weighted by Gasteiger charge is 2.26. The molecule has 1 saturated heterocycles. The number of hydrogen-bond donors (Lipinski definition) is 1. The first-order chi connectivity index (χ1) is 13.3. The van der Waals surface area contributed by atoms with Gasteiger partial charge < -0.3 is 18.9 Å². The summed E-state index contributed by atoms with van der Waals surface area (Å²) in [6.07, 6.45) is 1.67. The zero-order chi connectivity index (χ0) is 18.5. The second kappa shape index (κ2) is 8.08. The summed E-state index contributed by atoms with van der Waals surface area (Å²) in [5, 5.41) is 12.7. The number of morpholine rings is 1. The van der Waals surface area contributed by atoms with Crippen LogP contribution in [0.2, 0.25) is 0 Å². The largest absolute Gasteiger partial charge is 0.468 e. The van der Waals surface area contributed by atoms with E-state index in [9.17, 15) is 5.26 Å². The maximum atomic E-state index is 9.42. The highest BCUT2D eigenvalue weighted by Crippen LogP contribution is 2.27. The maximum Gasteiger partial charge on any atom is 0.232 e. The van der Waals surface area contributed by atoms with Gasteiger partial charge in [-0.3, -0.25) is 4.90 Å². The molecule has 0 spiro atoms. The molecule has 7 heteroatoms. The van der Waals surface area contributed by atoms with E-state index in [4.69, 9.17) is 13.6 Å². The summed E-state index contributed by atoms with van der Waals surface area (Å²) in [6.45, 7) is 3.57. The van der Waals surface area contributed by atoms with Crippen molar-refractivity contribution in [3.63, 3.8) is 0 Å². The van der Waals surface area contributed by atoms with Crippen LogP contribution in [0.3, 0.4) is 0 Å². The quantitative estimate of drug-likeness (QED) is 0.718. The van der Waals surface area contributed by atoms with Crippen LogP contribution >= 0.6 is 0 Å². The van der Waals surface area contributed by atoms with E-state index >= 15 is 0 Å². The molecule has 2 aromatic heterocycles. The van der Waals surface area contributed by atoms with Crippen LogP contribution in [0, 0.1) is 11.3 Å². The monoisotopic (exact) mass is 364 g/mol. The molecule has 4 rings (SSSR count). The first-order valence-corrected chi connectivity index (χ1v) is 8.90. The predicted molar refractivity (Wildman–Crippen MR) is 99.0 cm³/mol. The molecular weight excluding hydrogens is 344 g/mol. The summed E-state index contributed by atoms with van der Waals surface area (Å²) >= 11 is 0. The molecule has 0 bridgehead atoms. The standard InChI is InChI=1S/C20H20N4O3/c21-13-16-20(27-19(23-16)15-5-2-1-3-6-15)22-14-17(18-7-4-10-26-18)24-8-11-25-12-9-24/h1-7,10,17,22H,8-9,11-12,14H2/t17-/m1/s1. The number of aromatic nitrogens is 1. The van der Waals surface area contributed by atoms with Crippen LogP contribution in [0.5, 0.6) is 0 Å². The Morgan fingerprint density at radius 2 is 1.96 bits per heavy atom. The zero-order valence-corrected chi connectivity index (χ0v) is 14.8. The third-order valence-electron chi connectivity index (χ3n) is 4.57. The Labute approximate surface area is 157 Å². The first kappa shape index (κ1) is 17.3. The van der Waals surface area contributed by atoms with E-state index in [1.54, 1.807) is 6.26 Å². The number of oxazole rings is 1. The van der Waals surface area contributed by atoms with Gasteiger partial charge in [-0.05, 0) is 24.3 Å². The maximum absolute atomic E-state index is 9.42. The summed E-state index contributed by atoms with van der Waals surface area (Å²) in [6, 6.07) is 15.5. The van der Waals surface area contributed by atoms with Crippen molar-refractivity contribution in [2.24, 2.45) is 0 Å². The fraction of sp³-hybridized carbons (Fsp3) is 0.300. The molecule has 27 heavy (non-hydrogen) atoms. The molecule has 0 aliphatic carbocycles. The van der Waals surface area contributed by atoms with Crippen molar-refractivity contribution in [2.45, 2.75) is 6.04 Å². The van der Waals surface area contributed by atoms with Gasteiger partial charge in [0, 0.05) is 25.2 Å². The van der Waals surface area contributed by atoms with E-state index in [0.29, 0.717) is 31.5 Å². The average Bonchev–Trinajstić information content (AvgIpc) is 3.40. The van der Waals surface area contributed by atoms with Gasteiger partial charge in [-0.25, -0.2) is 0 Å². The summed E-state index contributed by atoms with van der Waals surface area (Å²) in [5.41, 5.74) is 1.08. The van der Waals surface area contributed by atoms with Crippen LogP contribution in [0.15, 0.2) is 57.6 Å². The van der Waals surface area contributed by atoms with E-state index in [0.717, 1.165) is 24.4 Å². The fourth-order valence-electron chi connectivity index (χ4n) is 3.19. The van der Waals surface area contributed by atoms with Crippen molar-refractivity contribution in [1.82, 2.24) is 9.88 Å². The molecule has 1 N–H and O–H groups in total. The summed E-state index contributed by atoms with van der Waals surface area (Å²) in [5.74, 6) is 1.67. The topological polar surface area (TPSA) is 87.5 Å². The van der Waals surface area contributed by atoms with Gasteiger partial charge in [0.1, 0.15) is 11.8 Å². The van der Waals surface area contributed by atoms with Crippen molar-refractivity contribution >= 4 is 5.88 Å². The van der Waals surface area contributed by atoms with Crippen LogP contribution in [0.25, 0.3) is 11.5 Å². The van der Waals surface area contributed by atoms with Gasteiger partial charge in [-0.2, -0.15) is 10.2 Å². The molecular formula is C20H20N4O3. The molecule has 1 atom stereocenters. The molecule has 1 aliphatic heterocycles. The van der Waals surface area contributed by atoms with Crippen molar-refractivity contribution in [3.8, 4) is 17.5 Å². The Kier molecular flexibility index (Phi) is 5.19. The minimum absolute atomic E-state index is 0.0146. The number of ether oxygens (including phenoxy) is 1. The van der Waals surface area contributed by atoms with E-state index in [2.05, 4.69) is 21.3 Å². The van der Waals surface area contributed by atoms with Gasteiger partial charge in [0.05, 0.1) is 25.5 Å². The van der Waals surface area contributed by atoms with Crippen molar-refractivity contribution < 1.29 is 13.6 Å². The van der Waals surface area contributed by atoms with Gasteiger partial charge in [0.2, 0.25) is 17.5 Å². The average molecular weight is 364 g/mol. The molecule has 0 unspecified atom stereocenters. The molecule has 0 amide bonds. The molecule has 0 radical (unpaired) electrons. The first-order valence-electron chi connectivity index (χ1n) is 8.90. The van der Waals surface area contributed by atoms with Crippen molar-refractivity contribution in [2.75, 3.05) is 38.2 Å². The van der Waals surface area contributed by atoms with Crippen LogP contribution < -0.4 is 5.32 Å². The SMILES string of the molecule is N#Cc1nc(-c2ccccc2)oc1NC[C@H](c1ccco1)N1CCOCC1. The molecule has 1 aliphatic rings. The lowest BCUT2D eigenvalue weighted by Crippen LogP contribution is -2.41. The third kappa shape index (κ3) is 3.87. The molecule has 1 aromatic carbocycles. The number of nitrogens with one attached hydrogen (secondary N) is 1. The number of anilines is 1. The number of furan rings is 1. The lowest BCUT2D eigenvalue weighted by atomic mass is 10.1. The molecule has 7 nitrogen and oxygen atoms in total. The van der Waals surface area contributed by atoms with Gasteiger partial charge in [-0.1, -0.05) is 18.2 Å². The molecule has 3 heterocycles. The van der Waals surface area contributed by atoms with Gasteiger partial charge in [0.25, 0.3) is 0 Å². The number of rotatable bonds is 6. The highest BCUT2D eigenvalue weighted by atomic mass is 16.5. The number of hydrogen-bond acceptors (Lipinski definition) is 7.